The van der Waals surface area contributed by atoms with Gasteiger partial charge in [0.1, 0.15) is 5.82 Å². The molecule has 1 heterocycles. The Morgan fingerprint density at radius 3 is 2.53 bits per heavy atom. The molecule has 0 saturated heterocycles. The second kappa shape index (κ2) is 8.61. The van der Waals surface area contributed by atoms with Crippen molar-refractivity contribution in [2.75, 3.05) is 10.0 Å². The molecule has 0 unspecified atom stereocenters. The molecular weight excluding hydrogens is 427 g/mol. The average molecular weight is 445 g/mol. The van der Waals surface area contributed by atoms with Crippen molar-refractivity contribution in [3.05, 3.63) is 64.8 Å². The number of thiazole rings is 1. The van der Waals surface area contributed by atoms with Crippen LogP contribution in [0.25, 0.3) is 11.3 Å². The van der Waals surface area contributed by atoms with Gasteiger partial charge < -0.3 is 0 Å². The lowest BCUT2D eigenvalue weighted by Crippen LogP contribution is -2.24. The Balaban J connectivity index is 1.83. The fraction of sp³-hybridized carbons (Fsp3) is 0.150. The number of anilines is 2. The number of hydrogen-bond acceptors (Lipinski definition) is 6. The van der Waals surface area contributed by atoms with Gasteiger partial charge in [0.25, 0.3) is 5.91 Å². The fourth-order valence-corrected chi connectivity index (χ4v) is 3.84. The summed E-state index contributed by atoms with van der Waals surface area (Å²) >= 11 is 1.18. The highest BCUT2D eigenvalue weighted by Crippen LogP contribution is 2.27. The van der Waals surface area contributed by atoms with Crippen molar-refractivity contribution < 1.29 is 17.6 Å². The van der Waals surface area contributed by atoms with Crippen LogP contribution in [-0.4, -0.2) is 24.6 Å². The standard InChI is InChI=1S/C20H17FN4O3S2/c1-12(2)30(27,28)25-17-9-15(21)7-8-16(17)19(26)24-20-23-18(11-29-20)14-5-3-13(10-22)4-6-14/h3-9,11-12,25H,1-2H3,(H,23,24,26). The van der Waals surface area contributed by atoms with Crippen LogP contribution in [0.4, 0.5) is 15.2 Å². The third-order valence-electron chi connectivity index (χ3n) is 4.13. The quantitative estimate of drug-likeness (QED) is 0.591. The second-order valence-corrected chi connectivity index (χ2v) is 9.66. The Hall–Kier alpha value is -3.29. The summed E-state index contributed by atoms with van der Waals surface area (Å²) in [4.78, 5) is 17.0. The summed E-state index contributed by atoms with van der Waals surface area (Å²) in [5, 5.41) is 12.8. The van der Waals surface area contributed by atoms with Crippen LogP contribution in [0.5, 0.6) is 0 Å². The maximum atomic E-state index is 13.7. The van der Waals surface area contributed by atoms with Gasteiger partial charge in [-0.3, -0.25) is 14.8 Å². The van der Waals surface area contributed by atoms with Crippen molar-refractivity contribution >= 4 is 38.1 Å². The summed E-state index contributed by atoms with van der Waals surface area (Å²) in [6.07, 6.45) is 0. The van der Waals surface area contributed by atoms with Gasteiger partial charge in [-0.25, -0.2) is 17.8 Å². The lowest BCUT2D eigenvalue weighted by molar-refractivity contribution is 0.102. The molecule has 0 bridgehead atoms. The molecule has 10 heteroatoms. The van der Waals surface area contributed by atoms with Crippen molar-refractivity contribution in [1.29, 1.82) is 5.26 Å². The van der Waals surface area contributed by atoms with Crippen LogP contribution in [0, 0.1) is 17.1 Å². The Morgan fingerprint density at radius 1 is 1.20 bits per heavy atom. The predicted octanol–water partition coefficient (Wildman–Crippen LogP) is 4.22. The molecule has 3 rings (SSSR count). The molecule has 30 heavy (non-hydrogen) atoms. The first-order valence-electron chi connectivity index (χ1n) is 8.78. The van der Waals surface area contributed by atoms with Crippen LogP contribution in [0.1, 0.15) is 29.8 Å². The topological polar surface area (TPSA) is 112 Å². The second-order valence-electron chi connectivity index (χ2n) is 6.57. The number of aromatic nitrogens is 1. The van der Waals surface area contributed by atoms with E-state index in [9.17, 15) is 17.6 Å². The summed E-state index contributed by atoms with van der Waals surface area (Å²) in [5.41, 5.74) is 1.73. The average Bonchev–Trinajstić information content (AvgIpc) is 3.16. The number of carbonyl (C=O) groups is 1. The van der Waals surface area contributed by atoms with Crippen molar-refractivity contribution in [3.63, 3.8) is 0 Å². The molecule has 3 aromatic rings. The molecule has 2 N–H and O–H groups in total. The van der Waals surface area contributed by atoms with E-state index >= 15 is 0 Å². The summed E-state index contributed by atoms with van der Waals surface area (Å²) in [7, 11) is -3.77. The zero-order valence-electron chi connectivity index (χ0n) is 16.0. The minimum Gasteiger partial charge on any atom is -0.298 e. The van der Waals surface area contributed by atoms with Gasteiger partial charge in [-0.15, -0.1) is 11.3 Å². The number of carbonyl (C=O) groups excluding carboxylic acids is 1. The molecule has 154 valence electrons. The van der Waals surface area contributed by atoms with Gasteiger partial charge >= 0.3 is 0 Å². The van der Waals surface area contributed by atoms with E-state index in [1.807, 2.05) is 6.07 Å². The third kappa shape index (κ3) is 4.82. The van der Waals surface area contributed by atoms with E-state index in [1.54, 1.807) is 29.6 Å². The summed E-state index contributed by atoms with van der Waals surface area (Å²) in [5.74, 6) is -1.30. The predicted molar refractivity (Wildman–Crippen MR) is 114 cm³/mol. The summed E-state index contributed by atoms with van der Waals surface area (Å²) in [6, 6.07) is 12.1. The number of halogens is 1. The van der Waals surface area contributed by atoms with Gasteiger partial charge in [0.15, 0.2) is 5.13 Å². The minimum atomic E-state index is -3.77. The summed E-state index contributed by atoms with van der Waals surface area (Å²) in [6.45, 7) is 2.95. The number of nitriles is 1. The Labute approximate surface area is 177 Å². The van der Waals surface area contributed by atoms with Gasteiger partial charge in [-0.1, -0.05) is 12.1 Å². The lowest BCUT2D eigenvalue weighted by atomic mass is 10.1. The minimum absolute atomic E-state index is 0.0317. The van der Waals surface area contributed by atoms with Crippen LogP contribution in [0.3, 0.4) is 0 Å². The maximum absolute atomic E-state index is 13.7. The SMILES string of the molecule is CC(C)S(=O)(=O)Nc1cc(F)ccc1C(=O)Nc1nc(-c2ccc(C#N)cc2)cs1. The van der Waals surface area contributed by atoms with Crippen LogP contribution in [0.2, 0.25) is 0 Å². The van der Waals surface area contributed by atoms with Crippen LogP contribution in [0.15, 0.2) is 47.8 Å². The smallest absolute Gasteiger partial charge is 0.259 e. The maximum Gasteiger partial charge on any atom is 0.259 e. The molecule has 0 spiro atoms. The highest BCUT2D eigenvalue weighted by Gasteiger charge is 2.21. The van der Waals surface area contributed by atoms with Gasteiger partial charge in [-0.05, 0) is 44.2 Å². The molecule has 0 saturated carbocycles. The number of nitrogens with zero attached hydrogens (tertiary/aromatic N) is 2. The van der Waals surface area contributed by atoms with Gasteiger partial charge in [-0.2, -0.15) is 5.26 Å². The lowest BCUT2D eigenvalue weighted by Gasteiger charge is -2.14. The molecule has 2 aromatic carbocycles. The molecule has 0 aliphatic rings. The zero-order valence-corrected chi connectivity index (χ0v) is 17.6. The number of amides is 1. The van der Waals surface area contributed by atoms with Crippen LogP contribution >= 0.6 is 11.3 Å². The highest BCUT2D eigenvalue weighted by atomic mass is 32.2. The monoisotopic (exact) mass is 444 g/mol. The van der Waals surface area contributed by atoms with E-state index < -0.39 is 27.0 Å². The largest absolute Gasteiger partial charge is 0.298 e. The highest BCUT2D eigenvalue weighted by molar-refractivity contribution is 7.93. The van der Waals surface area contributed by atoms with E-state index in [2.05, 4.69) is 15.0 Å². The number of benzene rings is 2. The van der Waals surface area contributed by atoms with Crippen LogP contribution in [-0.2, 0) is 10.0 Å². The Kier molecular flexibility index (Phi) is 6.14. The molecule has 7 nitrogen and oxygen atoms in total. The Morgan fingerprint density at radius 2 is 1.90 bits per heavy atom. The zero-order chi connectivity index (χ0) is 21.9. The van der Waals surface area contributed by atoms with Crippen molar-refractivity contribution in [2.45, 2.75) is 19.1 Å². The molecule has 0 aliphatic carbocycles. The van der Waals surface area contributed by atoms with Gasteiger partial charge in [0, 0.05) is 10.9 Å². The van der Waals surface area contributed by atoms with Crippen molar-refractivity contribution in [3.8, 4) is 17.3 Å². The number of rotatable bonds is 6. The third-order valence-corrected chi connectivity index (χ3v) is 6.64. The first kappa shape index (κ1) is 21.4. The van der Waals surface area contributed by atoms with E-state index in [0.29, 0.717) is 16.4 Å². The normalized spacial score (nSPS) is 11.2. The van der Waals surface area contributed by atoms with E-state index in [-0.39, 0.29) is 11.3 Å². The molecular formula is C20H17FN4O3S2. The molecule has 1 amide bonds. The number of hydrogen-bond donors (Lipinski definition) is 2. The molecule has 0 radical (unpaired) electrons. The molecule has 0 aliphatic heterocycles. The van der Waals surface area contributed by atoms with E-state index in [1.165, 1.54) is 31.3 Å². The van der Waals surface area contributed by atoms with Crippen LogP contribution < -0.4 is 10.0 Å². The van der Waals surface area contributed by atoms with Gasteiger partial charge in [0.2, 0.25) is 10.0 Å². The number of sulfonamides is 1. The van der Waals surface area contributed by atoms with Crippen molar-refractivity contribution in [1.82, 2.24) is 4.98 Å². The molecule has 1 aromatic heterocycles. The van der Waals surface area contributed by atoms with E-state index in [0.717, 1.165) is 17.7 Å². The fourth-order valence-electron chi connectivity index (χ4n) is 2.41. The summed E-state index contributed by atoms with van der Waals surface area (Å²) < 4.78 is 40.2. The molecule has 0 fully saturated rings. The van der Waals surface area contributed by atoms with Crippen molar-refractivity contribution in [2.24, 2.45) is 0 Å². The molecule has 0 atom stereocenters. The number of nitrogens with one attached hydrogen (secondary N) is 2. The Bertz CT molecular complexity index is 1230. The first-order valence-corrected chi connectivity index (χ1v) is 11.2. The van der Waals surface area contributed by atoms with E-state index in [4.69, 9.17) is 5.26 Å². The van der Waals surface area contributed by atoms with Gasteiger partial charge in [0.05, 0.1) is 33.8 Å². The first-order chi connectivity index (χ1) is 14.2.